The van der Waals surface area contributed by atoms with Crippen LogP contribution >= 0.6 is 0 Å². The van der Waals surface area contributed by atoms with E-state index >= 15 is 0 Å². The third-order valence-corrected chi connectivity index (χ3v) is 4.93. The van der Waals surface area contributed by atoms with Crippen LogP contribution in [0.25, 0.3) is 0 Å². The fourth-order valence-corrected chi connectivity index (χ4v) is 3.46. The summed E-state index contributed by atoms with van der Waals surface area (Å²) in [5.74, 6) is 0. The molecule has 2 saturated heterocycles. The molecule has 0 saturated carbocycles. The molecule has 0 aliphatic carbocycles. The second-order valence-corrected chi connectivity index (χ2v) is 6.91. The topological polar surface area (TPSA) is 21.8 Å². The summed E-state index contributed by atoms with van der Waals surface area (Å²) in [5.41, 5.74) is 0. The summed E-state index contributed by atoms with van der Waals surface area (Å²) in [4.78, 5) is 7.59. The quantitative estimate of drug-likeness (QED) is 0.787. The Morgan fingerprint density at radius 3 is 2.50 bits per heavy atom. The van der Waals surface area contributed by atoms with Gasteiger partial charge in [-0.25, -0.2) is 0 Å². The lowest BCUT2D eigenvalue weighted by atomic mass is 9.98. The van der Waals surface area contributed by atoms with Gasteiger partial charge in [-0.1, -0.05) is 6.42 Å². The fourth-order valence-electron chi connectivity index (χ4n) is 3.46. The first kappa shape index (κ1) is 16.2. The van der Waals surface area contributed by atoms with E-state index in [0.717, 1.165) is 12.1 Å². The van der Waals surface area contributed by atoms with Gasteiger partial charge in [0.05, 0.1) is 0 Å². The summed E-state index contributed by atoms with van der Waals surface area (Å²) in [6, 6.07) is 1.51. The van der Waals surface area contributed by atoms with Gasteiger partial charge in [-0.3, -0.25) is 9.80 Å². The van der Waals surface area contributed by atoms with Gasteiger partial charge >= 0.3 is 0 Å². The lowest BCUT2D eigenvalue weighted by Gasteiger charge is -2.40. The predicted molar refractivity (Wildman–Crippen MR) is 86.3 cm³/mol. The first-order valence-electron chi connectivity index (χ1n) is 8.49. The molecule has 2 atom stereocenters. The molecule has 2 heterocycles. The summed E-state index contributed by atoms with van der Waals surface area (Å²) in [6.07, 6.45) is 5.50. The van der Waals surface area contributed by atoms with E-state index in [0.29, 0.717) is 0 Å². The molecule has 0 aromatic rings. The van der Waals surface area contributed by atoms with Gasteiger partial charge in [0.15, 0.2) is 0 Å². The Hall–Kier alpha value is -0.160. The Labute approximate surface area is 125 Å². The van der Waals surface area contributed by atoms with E-state index in [-0.39, 0.29) is 0 Å². The Morgan fingerprint density at radius 2 is 1.90 bits per heavy atom. The molecule has 0 bridgehead atoms. The minimum atomic E-state index is 0.738. The standard InChI is InChI=1S/C16H34N4/c1-15(14-16-6-4-5-7-17-16)20-12-10-19(11-13-20)9-8-18(2)3/h15-17H,4-14H2,1-3H3. The van der Waals surface area contributed by atoms with Crippen molar-refractivity contribution >= 4 is 0 Å². The molecule has 0 radical (unpaired) electrons. The molecule has 20 heavy (non-hydrogen) atoms. The number of nitrogens with zero attached hydrogens (tertiary/aromatic N) is 3. The van der Waals surface area contributed by atoms with Crippen molar-refractivity contribution in [1.82, 2.24) is 20.0 Å². The van der Waals surface area contributed by atoms with Crippen LogP contribution < -0.4 is 5.32 Å². The van der Waals surface area contributed by atoms with Crippen molar-refractivity contribution in [3.8, 4) is 0 Å². The summed E-state index contributed by atoms with van der Waals surface area (Å²) in [5, 5.41) is 3.69. The lowest BCUT2D eigenvalue weighted by molar-refractivity contribution is 0.0885. The number of piperazine rings is 1. The van der Waals surface area contributed by atoms with Crippen LogP contribution in [0.5, 0.6) is 0 Å². The normalized spacial score (nSPS) is 27.9. The second kappa shape index (κ2) is 8.32. The molecule has 2 aliphatic rings. The van der Waals surface area contributed by atoms with E-state index in [4.69, 9.17) is 0 Å². The third-order valence-electron chi connectivity index (χ3n) is 4.93. The molecule has 2 fully saturated rings. The van der Waals surface area contributed by atoms with Gasteiger partial charge in [0.1, 0.15) is 0 Å². The van der Waals surface area contributed by atoms with Crippen molar-refractivity contribution < 1.29 is 0 Å². The lowest BCUT2D eigenvalue weighted by Crippen LogP contribution is -2.52. The van der Waals surface area contributed by atoms with Crippen LogP contribution in [0.2, 0.25) is 0 Å². The van der Waals surface area contributed by atoms with Crippen LogP contribution in [0.15, 0.2) is 0 Å². The van der Waals surface area contributed by atoms with Gasteiger partial charge in [0.2, 0.25) is 0 Å². The summed E-state index contributed by atoms with van der Waals surface area (Å²) >= 11 is 0. The first-order valence-corrected chi connectivity index (χ1v) is 8.49. The third kappa shape index (κ3) is 5.32. The largest absolute Gasteiger partial charge is 0.314 e. The van der Waals surface area contributed by atoms with E-state index in [1.165, 1.54) is 71.5 Å². The van der Waals surface area contributed by atoms with Gasteiger partial charge in [-0.15, -0.1) is 0 Å². The highest BCUT2D eigenvalue weighted by atomic mass is 15.3. The number of piperidine rings is 1. The zero-order valence-electron chi connectivity index (χ0n) is 13.8. The van der Waals surface area contributed by atoms with Gasteiger partial charge in [-0.05, 0) is 46.8 Å². The summed E-state index contributed by atoms with van der Waals surface area (Å²) in [7, 11) is 4.32. The molecule has 1 N–H and O–H groups in total. The highest BCUT2D eigenvalue weighted by Gasteiger charge is 2.23. The van der Waals surface area contributed by atoms with E-state index in [2.05, 4.69) is 41.0 Å². The molecule has 2 rings (SSSR count). The molecule has 4 heteroatoms. The molecule has 0 amide bonds. The molecule has 0 aromatic heterocycles. The average molecular weight is 282 g/mol. The Morgan fingerprint density at radius 1 is 1.15 bits per heavy atom. The minimum absolute atomic E-state index is 0.738. The maximum absolute atomic E-state index is 3.69. The van der Waals surface area contributed by atoms with Crippen LogP contribution in [0, 0.1) is 0 Å². The van der Waals surface area contributed by atoms with E-state index in [9.17, 15) is 0 Å². The Balaban J connectivity index is 1.64. The van der Waals surface area contributed by atoms with Gasteiger partial charge in [0, 0.05) is 51.4 Å². The van der Waals surface area contributed by atoms with E-state index < -0.39 is 0 Å². The Bertz CT molecular complexity index is 255. The monoisotopic (exact) mass is 282 g/mol. The van der Waals surface area contributed by atoms with Crippen LogP contribution in [-0.2, 0) is 0 Å². The molecule has 118 valence electrons. The molecule has 4 nitrogen and oxygen atoms in total. The van der Waals surface area contributed by atoms with Crippen LogP contribution in [0.4, 0.5) is 0 Å². The maximum atomic E-state index is 3.69. The number of hydrogen-bond acceptors (Lipinski definition) is 4. The number of rotatable bonds is 6. The van der Waals surface area contributed by atoms with Crippen molar-refractivity contribution in [2.75, 3.05) is 59.9 Å². The zero-order chi connectivity index (χ0) is 14.4. The number of likely N-dealkylation sites (N-methyl/N-ethyl adjacent to an activating group) is 1. The minimum Gasteiger partial charge on any atom is -0.314 e. The molecular formula is C16H34N4. The number of hydrogen-bond donors (Lipinski definition) is 1. The van der Waals surface area contributed by atoms with Crippen molar-refractivity contribution in [2.24, 2.45) is 0 Å². The molecule has 0 spiro atoms. The highest BCUT2D eigenvalue weighted by Crippen LogP contribution is 2.16. The maximum Gasteiger partial charge on any atom is 0.0113 e. The summed E-state index contributed by atoms with van der Waals surface area (Å²) in [6.45, 7) is 11.1. The number of nitrogens with one attached hydrogen (secondary N) is 1. The van der Waals surface area contributed by atoms with Gasteiger partial charge in [-0.2, -0.15) is 0 Å². The van der Waals surface area contributed by atoms with Crippen molar-refractivity contribution in [1.29, 1.82) is 0 Å². The molecular weight excluding hydrogens is 248 g/mol. The SMILES string of the molecule is CC(CC1CCCCN1)N1CCN(CCN(C)C)CC1. The van der Waals surface area contributed by atoms with E-state index in [1.807, 2.05) is 0 Å². The zero-order valence-corrected chi connectivity index (χ0v) is 13.8. The van der Waals surface area contributed by atoms with E-state index in [1.54, 1.807) is 0 Å². The highest BCUT2D eigenvalue weighted by molar-refractivity contribution is 4.81. The van der Waals surface area contributed by atoms with Crippen LogP contribution in [0.1, 0.15) is 32.6 Å². The smallest absolute Gasteiger partial charge is 0.0113 e. The molecule has 2 unspecified atom stereocenters. The van der Waals surface area contributed by atoms with Crippen LogP contribution in [-0.4, -0.2) is 86.7 Å². The van der Waals surface area contributed by atoms with Crippen LogP contribution in [0.3, 0.4) is 0 Å². The average Bonchev–Trinajstić information content (AvgIpc) is 2.46. The second-order valence-electron chi connectivity index (χ2n) is 6.91. The molecule has 2 aliphatic heterocycles. The predicted octanol–water partition coefficient (Wildman–Crippen LogP) is 1.09. The van der Waals surface area contributed by atoms with Crippen molar-refractivity contribution in [2.45, 2.75) is 44.7 Å². The molecule has 0 aromatic carbocycles. The van der Waals surface area contributed by atoms with Crippen molar-refractivity contribution in [3.63, 3.8) is 0 Å². The first-order chi connectivity index (χ1) is 9.65. The van der Waals surface area contributed by atoms with Gasteiger partial charge in [0.25, 0.3) is 0 Å². The van der Waals surface area contributed by atoms with Crippen molar-refractivity contribution in [3.05, 3.63) is 0 Å². The Kier molecular flexibility index (Phi) is 6.75. The fraction of sp³-hybridized carbons (Fsp3) is 1.00. The summed E-state index contributed by atoms with van der Waals surface area (Å²) < 4.78 is 0. The van der Waals surface area contributed by atoms with Gasteiger partial charge < -0.3 is 10.2 Å².